The lowest BCUT2D eigenvalue weighted by molar-refractivity contribution is -0.141. The van der Waals surface area contributed by atoms with Crippen molar-refractivity contribution in [1.82, 2.24) is 21.3 Å². The van der Waals surface area contributed by atoms with E-state index in [9.17, 15) is 34.2 Å². The van der Waals surface area contributed by atoms with E-state index in [0.29, 0.717) is 5.56 Å². The van der Waals surface area contributed by atoms with Crippen molar-refractivity contribution in [3.05, 3.63) is 65.7 Å². The number of nitrogens with two attached hydrogens (primary N) is 1. The molecule has 8 N–H and O–H groups in total. The maximum absolute atomic E-state index is 12.9. The van der Waals surface area contributed by atoms with Crippen LogP contribution < -0.4 is 27.0 Å². The van der Waals surface area contributed by atoms with Gasteiger partial charge in [0, 0.05) is 17.9 Å². The molecular weight excluding hydrogens is 526 g/mol. The van der Waals surface area contributed by atoms with Gasteiger partial charge >= 0.3 is 5.97 Å². The Hall–Kier alpha value is -4.10. The van der Waals surface area contributed by atoms with Gasteiger partial charge in [-0.15, -0.1) is 0 Å². The lowest BCUT2D eigenvalue weighted by atomic mass is 10.0. The molecule has 13 heteroatoms. The number of phenolic OH excluding ortho intramolecular Hbond substituents is 1. The van der Waals surface area contributed by atoms with Gasteiger partial charge in [-0.3, -0.25) is 19.2 Å². The van der Waals surface area contributed by atoms with Gasteiger partial charge in [0.15, 0.2) is 0 Å². The first-order valence-corrected chi connectivity index (χ1v) is 13.3. The predicted octanol–water partition coefficient (Wildman–Crippen LogP) is -1.09. The first-order valence-electron chi connectivity index (χ1n) is 12.2. The molecule has 1 aliphatic heterocycles. The van der Waals surface area contributed by atoms with Crippen LogP contribution in [0.15, 0.2) is 54.6 Å². The second kappa shape index (κ2) is 14.2. The van der Waals surface area contributed by atoms with Gasteiger partial charge in [0.2, 0.25) is 23.6 Å². The first kappa shape index (κ1) is 29.5. The van der Waals surface area contributed by atoms with Crippen molar-refractivity contribution in [2.45, 2.75) is 37.0 Å². The monoisotopic (exact) mass is 557 g/mol. The topological polar surface area (TPSA) is 200 Å². The second-order valence-corrected chi connectivity index (χ2v) is 10.1. The molecule has 0 aliphatic carbocycles. The van der Waals surface area contributed by atoms with Crippen molar-refractivity contribution >= 4 is 41.4 Å². The van der Waals surface area contributed by atoms with Crippen LogP contribution in [0.25, 0.3) is 0 Å². The smallest absolute Gasteiger partial charge is 0.327 e. The van der Waals surface area contributed by atoms with E-state index in [1.165, 1.54) is 12.1 Å². The maximum Gasteiger partial charge on any atom is 0.327 e. The van der Waals surface area contributed by atoms with Crippen molar-refractivity contribution in [3.8, 4) is 5.75 Å². The number of carbonyl (C=O) groups is 5. The molecule has 39 heavy (non-hydrogen) atoms. The number of hydrogen-bond acceptors (Lipinski definition) is 8. The number of carboxylic acids is 1. The molecule has 2 aromatic carbocycles. The molecule has 3 rings (SSSR count). The summed E-state index contributed by atoms with van der Waals surface area (Å²) in [5, 5.41) is 29.1. The lowest BCUT2D eigenvalue weighted by Crippen LogP contribution is -2.55. The van der Waals surface area contributed by atoms with Crippen LogP contribution in [0.1, 0.15) is 11.1 Å². The molecule has 1 aliphatic rings. The van der Waals surface area contributed by atoms with Crippen LogP contribution in [0, 0.1) is 0 Å². The van der Waals surface area contributed by atoms with Gasteiger partial charge in [-0.1, -0.05) is 42.5 Å². The van der Waals surface area contributed by atoms with E-state index in [2.05, 4.69) is 21.3 Å². The number of amides is 4. The molecule has 208 valence electrons. The maximum atomic E-state index is 12.9. The summed E-state index contributed by atoms with van der Waals surface area (Å²) >= 11 is 1.05. The molecule has 1 saturated heterocycles. The lowest BCUT2D eigenvalue weighted by Gasteiger charge is -2.21. The Morgan fingerprint density at radius 2 is 1.67 bits per heavy atom. The third-order valence-corrected chi connectivity index (χ3v) is 7.04. The Bertz CT molecular complexity index is 1180. The van der Waals surface area contributed by atoms with Gasteiger partial charge in [0.05, 0.1) is 12.6 Å². The summed E-state index contributed by atoms with van der Waals surface area (Å²) in [6, 6.07) is 10.6. The van der Waals surface area contributed by atoms with E-state index in [1.807, 2.05) is 0 Å². The number of phenols is 1. The van der Waals surface area contributed by atoms with Crippen molar-refractivity contribution in [2.24, 2.45) is 5.73 Å². The zero-order valence-electron chi connectivity index (χ0n) is 21.0. The Balaban J connectivity index is 1.71. The van der Waals surface area contributed by atoms with E-state index < -0.39 is 60.3 Å². The van der Waals surface area contributed by atoms with Gasteiger partial charge in [-0.25, -0.2) is 4.79 Å². The summed E-state index contributed by atoms with van der Waals surface area (Å²) in [5.74, 6) is -3.94. The Labute approximate surface area is 229 Å². The highest BCUT2D eigenvalue weighted by atomic mass is 32.2. The van der Waals surface area contributed by atoms with Crippen molar-refractivity contribution in [2.75, 3.05) is 18.1 Å². The average Bonchev–Trinajstić information content (AvgIpc) is 2.91. The minimum absolute atomic E-state index is 0.0295. The molecule has 0 saturated carbocycles. The van der Waals surface area contributed by atoms with Crippen LogP contribution in [0.4, 0.5) is 0 Å². The number of carboxylic acid groups (broad SMARTS) is 1. The van der Waals surface area contributed by atoms with Crippen LogP contribution in [-0.4, -0.2) is 82.0 Å². The number of benzene rings is 2. The molecule has 0 bridgehead atoms. The summed E-state index contributed by atoms with van der Waals surface area (Å²) in [4.78, 5) is 63.0. The number of carbonyl (C=O) groups excluding carboxylic acids is 4. The van der Waals surface area contributed by atoms with Crippen molar-refractivity contribution in [3.63, 3.8) is 0 Å². The molecule has 1 fully saturated rings. The quantitative estimate of drug-likeness (QED) is 0.221. The zero-order valence-corrected chi connectivity index (χ0v) is 21.8. The third-order valence-electron chi connectivity index (χ3n) is 5.90. The molecule has 0 spiro atoms. The predicted molar refractivity (Wildman–Crippen MR) is 144 cm³/mol. The van der Waals surface area contributed by atoms with E-state index in [0.717, 1.165) is 17.3 Å². The summed E-state index contributed by atoms with van der Waals surface area (Å²) in [5.41, 5.74) is 7.47. The molecule has 2 aromatic rings. The molecule has 12 nitrogen and oxygen atoms in total. The standard InChI is InChI=1S/C26H31N5O7S/c27-18(10-16-6-8-17(32)9-7-16)23(34)30-20-13-39-14-21(26(37)38)31-25(36)19(11-15-4-2-1-3-5-15)29-22(33)12-28-24(20)35/h1-9,18-21,32H,10-14,27H2,(H,28,35)(H,29,33)(H,30,34)(H,31,36)(H,37,38)/t18-,19-,20?,21?/m0/s1. The van der Waals surface area contributed by atoms with Gasteiger partial charge in [-0.2, -0.15) is 11.8 Å². The number of thioether (sulfide) groups is 1. The summed E-state index contributed by atoms with van der Waals surface area (Å²) < 4.78 is 0. The third kappa shape index (κ3) is 9.30. The van der Waals surface area contributed by atoms with Crippen molar-refractivity contribution < 1.29 is 34.2 Å². The highest BCUT2D eigenvalue weighted by molar-refractivity contribution is 7.99. The number of nitrogens with one attached hydrogen (secondary N) is 4. The molecule has 0 radical (unpaired) electrons. The highest BCUT2D eigenvalue weighted by Crippen LogP contribution is 2.12. The van der Waals surface area contributed by atoms with E-state index >= 15 is 0 Å². The van der Waals surface area contributed by atoms with Crippen LogP contribution in [-0.2, 0) is 36.8 Å². The van der Waals surface area contributed by atoms with E-state index in [-0.39, 0.29) is 30.1 Å². The Morgan fingerprint density at radius 3 is 2.33 bits per heavy atom. The van der Waals surface area contributed by atoms with Crippen molar-refractivity contribution in [1.29, 1.82) is 0 Å². The van der Waals surface area contributed by atoms with Crippen LogP contribution in [0.5, 0.6) is 5.75 Å². The zero-order chi connectivity index (χ0) is 28.4. The normalized spacial score (nSPS) is 21.6. The summed E-state index contributed by atoms with van der Waals surface area (Å²) in [6.45, 7) is -0.462. The number of hydrogen-bond donors (Lipinski definition) is 7. The van der Waals surface area contributed by atoms with Gasteiger partial charge in [0.25, 0.3) is 0 Å². The first-order chi connectivity index (χ1) is 18.6. The second-order valence-electron chi connectivity index (χ2n) is 9.00. The molecule has 0 aromatic heterocycles. The fraction of sp³-hybridized carbons (Fsp3) is 0.346. The van der Waals surface area contributed by atoms with Gasteiger partial charge in [0.1, 0.15) is 23.9 Å². The summed E-state index contributed by atoms with van der Waals surface area (Å²) in [7, 11) is 0. The average molecular weight is 558 g/mol. The molecule has 4 amide bonds. The minimum Gasteiger partial charge on any atom is -0.508 e. The summed E-state index contributed by atoms with van der Waals surface area (Å²) in [6.07, 6.45) is 0.259. The molecule has 2 unspecified atom stereocenters. The van der Waals surface area contributed by atoms with E-state index in [4.69, 9.17) is 5.73 Å². The number of rotatable bonds is 7. The van der Waals surface area contributed by atoms with Crippen LogP contribution in [0.3, 0.4) is 0 Å². The van der Waals surface area contributed by atoms with Gasteiger partial charge < -0.3 is 37.2 Å². The Morgan fingerprint density at radius 1 is 0.974 bits per heavy atom. The molecular formula is C26H31N5O7S. The fourth-order valence-electron chi connectivity index (χ4n) is 3.79. The van der Waals surface area contributed by atoms with Crippen LogP contribution in [0.2, 0.25) is 0 Å². The fourth-order valence-corrected chi connectivity index (χ4v) is 4.85. The van der Waals surface area contributed by atoms with Crippen LogP contribution >= 0.6 is 11.8 Å². The minimum atomic E-state index is -1.30. The number of aromatic hydroxyl groups is 1. The Kier molecular flexibility index (Phi) is 10.7. The molecule has 1 heterocycles. The van der Waals surface area contributed by atoms with Gasteiger partial charge in [-0.05, 0) is 29.7 Å². The SMILES string of the molecule is N[C@@H](Cc1ccc(O)cc1)C(=O)NC1CSCC(C(=O)O)NC(=O)[C@H](Cc2ccccc2)NC(=O)CNC1=O. The molecule has 4 atom stereocenters. The largest absolute Gasteiger partial charge is 0.508 e. The number of aliphatic carboxylic acids is 1. The highest BCUT2D eigenvalue weighted by Gasteiger charge is 2.30. The van der Waals surface area contributed by atoms with E-state index in [1.54, 1.807) is 42.5 Å².